The molecule has 3 N–H and O–H groups in total. The number of esters is 1. The molecule has 1 aliphatic rings. The van der Waals surface area contributed by atoms with Gasteiger partial charge in [0, 0.05) is 12.7 Å². The first-order chi connectivity index (χ1) is 16.4. The van der Waals surface area contributed by atoms with Crippen molar-refractivity contribution in [3.05, 3.63) is 83.4 Å². The van der Waals surface area contributed by atoms with Crippen LogP contribution in [-0.4, -0.2) is 66.4 Å². The van der Waals surface area contributed by atoms with Crippen LogP contribution >= 0.6 is 0 Å². The fraction of sp³-hybridized carbons (Fsp3) is 0.308. The topological polar surface area (TPSA) is 114 Å². The third-order valence-corrected chi connectivity index (χ3v) is 5.93. The Morgan fingerprint density at radius 1 is 1.00 bits per heavy atom. The third-order valence-electron chi connectivity index (χ3n) is 5.93. The normalized spacial score (nSPS) is 24.5. The van der Waals surface area contributed by atoms with Crippen molar-refractivity contribution in [1.82, 2.24) is 5.32 Å². The minimum Gasteiger partial charge on any atom is -0.451 e. The average molecular weight is 466 g/mol. The van der Waals surface area contributed by atoms with Crippen molar-refractivity contribution in [3.63, 3.8) is 0 Å². The Balaban J connectivity index is 1.60. The molecule has 0 saturated carbocycles. The van der Waals surface area contributed by atoms with Crippen LogP contribution in [0.15, 0.2) is 66.7 Å². The van der Waals surface area contributed by atoms with Gasteiger partial charge in [0.25, 0.3) is 5.91 Å². The summed E-state index contributed by atoms with van der Waals surface area (Å²) in [5, 5.41) is 25.1. The lowest BCUT2D eigenvalue weighted by atomic mass is 9.95. The van der Waals surface area contributed by atoms with Gasteiger partial charge >= 0.3 is 5.97 Å². The maximum atomic E-state index is 13.1. The number of benzene rings is 3. The van der Waals surface area contributed by atoms with Crippen LogP contribution < -0.4 is 5.32 Å². The minimum atomic E-state index is -1.35. The van der Waals surface area contributed by atoms with E-state index in [1.54, 1.807) is 36.4 Å². The molecule has 1 heterocycles. The fourth-order valence-corrected chi connectivity index (χ4v) is 4.01. The first kappa shape index (κ1) is 23.8. The number of aryl methyl sites for hydroxylation is 1. The van der Waals surface area contributed by atoms with E-state index in [0.717, 1.165) is 16.3 Å². The number of ether oxygens (including phenoxy) is 3. The smallest absolute Gasteiger partial charge is 0.338 e. The molecule has 0 spiro atoms. The number of aliphatic hydroxyl groups excluding tert-OH is 2. The summed E-state index contributed by atoms with van der Waals surface area (Å²) in [6, 6.07) is 18.6. The van der Waals surface area contributed by atoms with E-state index < -0.39 is 49.1 Å². The van der Waals surface area contributed by atoms with E-state index in [-0.39, 0.29) is 0 Å². The van der Waals surface area contributed by atoms with Crippen LogP contribution in [0.1, 0.15) is 26.3 Å². The molecule has 8 nitrogen and oxygen atoms in total. The molecule has 8 heteroatoms. The molecule has 34 heavy (non-hydrogen) atoms. The molecular weight excluding hydrogens is 438 g/mol. The first-order valence-electron chi connectivity index (χ1n) is 11.0. The highest BCUT2D eigenvalue weighted by molar-refractivity contribution is 5.98. The average Bonchev–Trinajstić information content (AvgIpc) is 2.86. The summed E-state index contributed by atoms with van der Waals surface area (Å²) < 4.78 is 16.6. The zero-order valence-electron chi connectivity index (χ0n) is 18.9. The number of methoxy groups -OCH3 is 1. The number of carbonyl (C=O) groups excluding carboxylic acids is 2. The SMILES string of the molecule is CO[C@@H]1O[C@H](CO)[C@H](O)[C@H](NC(=O)c2ccc3ccccc3c2)[C@@H]1OC(=O)c1ccc(C)cc1. The van der Waals surface area contributed by atoms with E-state index in [2.05, 4.69) is 5.32 Å². The van der Waals surface area contributed by atoms with E-state index >= 15 is 0 Å². The second-order valence-electron chi connectivity index (χ2n) is 8.25. The van der Waals surface area contributed by atoms with Crippen LogP contribution in [0, 0.1) is 6.92 Å². The van der Waals surface area contributed by atoms with Crippen molar-refractivity contribution < 1.29 is 34.0 Å². The van der Waals surface area contributed by atoms with Gasteiger partial charge in [0.15, 0.2) is 12.4 Å². The maximum absolute atomic E-state index is 13.1. The number of fused-ring (bicyclic) bond motifs is 1. The Labute approximate surface area is 197 Å². The molecule has 1 aliphatic heterocycles. The standard InChI is InChI=1S/C26H27NO7/c1-15-7-9-17(10-8-15)25(31)34-23-21(22(29)20(14-28)33-26(23)32-2)27-24(30)19-12-11-16-5-3-4-6-18(16)13-19/h3-13,20-23,26,28-29H,14H2,1-2H3,(H,27,30)/t20-,21+,22+,23+,26-/m1/s1. The van der Waals surface area contributed by atoms with Gasteiger partial charge < -0.3 is 29.7 Å². The Morgan fingerprint density at radius 2 is 1.68 bits per heavy atom. The number of nitrogens with one attached hydrogen (secondary N) is 1. The van der Waals surface area contributed by atoms with E-state index in [4.69, 9.17) is 14.2 Å². The third kappa shape index (κ3) is 4.95. The summed E-state index contributed by atoms with van der Waals surface area (Å²) in [4.78, 5) is 25.9. The Hall–Kier alpha value is -3.30. The highest BCUT2D eigenvalue weighted by Crippen LogP contribution is 2.26. The molecule has 0 unspecified atom stereocenters. The van der Waals surface area contributed by atoms with Gasteiger partial charge in [-0.25, -0.2) is 4.79 Å². The predicted molar refractivity (Wildman–Crippen MR) is 124 cm³/mol. The van der Waals surface area contributed by atoms with E-state index in [1.807, 2.05) is 37.3 Å². The molecule has 0 aromatic heterocycles. The molecule has 178 valence electrons. The van der Waals surface area contributed by atoms with Crippen LogP contribution in [0.4, 0.5) is 0 Å². The summed E-state index contributed by atoms with van der Waals surface area (Å²) in [6.45, 7) is 1.39. The number of hydrogen-bond acceptors (Lipinski definition) is 7. The van der Waals surface area contributed by atoms with Gasteiger partial charge in [0.1, 0.15) is 12.2 Å². The molecular formula is C26H27NO7. The zero-order valence-corrected chi connectivity index (χ0v) is 18.9. The van der Waals surface area contributed by atoms with Crippen molar-refractivity contribution in [3.8, 4) is 0 Å². The molecule has 3 aromatic carbocycles. The van der Waals surface area contributed by atoms with Gasteiger partial charge in [-0.15, -0.1) is 0 Å². The van der Waals surface area contributed by atoms with Gasteiger partial charge in [-0.2, -0.15) is 0 Å². The highest BCUT2D eigenvalue weighted by atomic mass is 16.7. The molecule has 5 atom stereocenters. The van der Waals surface area contributed by atoms with Gasteiger partial charge in [0.05, 0.1) is 18.2 Å². The zero-order chi connectivity index (χ0) is 24.2. The number of aliphatic hydroxyl groups is 2. The quantitative estimate of drug-likeness (QED) is 0.478. The summed E-state index contributed by atoms with van der Waals surface area (Å²) in [6.07, 6.45) is -4.67. The summed E-state index contributed by atoms with van der Waals surface area (Å²) >= 11 is 0. The molecule has 1 saturated heterocycles. The number of amides is 1. The fourth-order valence-electron chi connectivity index (χ4n) is 4.01. The van der Waals surface area contributed by atoms with Crippen molar-refractivity contribution in [2.24, 2.45) is 0 Å². The van der Waals surface area contributed by atoms with Gasteiger partial charge in [-0.3, -0.25) is 4.79 Å². The first-order valence-corrected chi connectivity index (χ1v) is 11.0. The van der Waals surface area contributed by atoms with Crippen molar-refractivity contribution in [2.45, 2.75) is 37.6 Å². The van der Waals surface area contributed by atoms with Crippen LogP contribution in [0.5, 0.6) is 0 Å². The lowest BCUT2D eigenvalue weighted by Crippen LogP contribution is -2.65. The van der Waals surface area contributed by atoms with Crippen LogP contribution in [0.2, 0.25) is 0 Å². The van der Waals surface area contributed by atoms with Crippen molar-refractivity contribution >= 4 is 22.6 Å². The number of carbonyl (C=O) groups is 2. The number of hydrogen-bond donors (Lipinski definition) is 3. The van der Waals surface area contributed by atoms with Gasteiger partial charge in [0.2, 0.25) is 0 Å². The monoisotopic (exact) mass is 465 g/mol. The Morgan fingerprint density at radius 3 is 2.35 bits per heavy atom. The maximum Gasteiger partial charge on any atom is 0.338 e. The largest absolute Gasteiger partial charge is 0.451 e. The molecule has 3 aromatic rings. The summed E-state index contributed by atoms with van der Waals surface area (Å²) in [5.74, 6) is -1.13. The van der Waals surface area contributed by atoms with Gasteiger partial charge in [-0.05, 0) is 42.0 Å². The molecule has 0 radical (unpaired) electrons. The number of rotatable bonds is 6. The summed E-state index contributed by atoms with van der Waals surface area (Å²) in [7, 11) is 1.35. The van der Waals surface area contributed by atoms with Gasteiger partial charge in [-0.1, -0.05) is 48.0 Å². The highest BCUT2D eigenvalue weighted by Gasteiger charge is 2.48. The minimum absolute atomic E-state index is 0.304. The molecule has 4 rings (SSSR count). The Bertz CT molecular complexity index is 1160. The molecule has 1 fully saturated rings. The molecule has 0 bridgehead atoms. The van der Waals surface area contributed by atoms with E-state index in [1.165, 1.54) is 7.11 Å². The summed E-state index contributed by atoms with van der Waals surface area (Å²) in [5.41, 5.74) is 1.66. The van der Waals surface area contributed by atoms with Crippen LogP contribution in [0.25, 0.3) is 10.8 Å². The predicted octanol–water partition coefficient (Wildman–Crippen LogP) is 2.20. The van der Waals surface area contributed by atoms with Crippen molar-refractivity contribution in [2.75, 3.05) is 13.7 Å². The van der Waals surface area contributed by atoms with E-state index in [9.17, 15) is 19.8 Å². The van der Waals surface area contributed by atoms with Crippen LogP contribution in [0.3, 0.4) is 0 Å². The second kappa shape index (κ2) is 10.3. The Kier molecular flexibility index (Phi) is 7.23. The van der Waals surface area contributed by atoms with Crippen LogP contribution in [-0.2, 0) is 14.2 Å². The molecule has 0 aliphatic carbocycles. The van der Waals surface area contributed by atoms with E-state index in [0.29, 0.717) is 11.1 Å². The second-order valence-corrected chi connectivity index (χ2v) is 8.25. The molecule has 1 amide bonds. The van der Waals surface area contributed by atoms with Crippen molar-refractivity contribution in [1.29, 1.82) is 0 Å². The lowest BCUT2D eigenvalue weighted by Gasteiger charge is -2.43. The lowest BCUT2D eigenvalue weighted by molar-refractivity contribution is -0.269.